The molecule has 0 fully saturated rings. The molecule has 146 valence electrons. The van der Waals surface area contributed by atoms with Crippen LogP contribution in [0.4, 0.5) is 0 Å². The topological polar surface area (TPSA) is 73.2 Å². The maximum atomic E-state index is 12.6. The normalized spacial score (nSPS) is 12.2. The van der Waals surface area contributed by atoms with Crippen LogP contribution in [0.1, 0.15) is 48.6 Å². The first-order valence-electron chi connectivity index (χ1n) is 9.37. The number of nitrogens with zero attached hydrogens (tertiary/aromatic N) is 2. The van der Waals surface area contributed by atoms with Crippen molar-refractivity contribution in [2.24, 2.45) is 0 Å². The van der Waals surface area contributed by atoms with Crippen LogP contribution in [0, 0.1) is 6.92 Å². The van der Waals surface area contributed by atoms with Crippen molar-refractivity contribution in [1.82, 2.24) is 14.9 Å². The highest BCUT2D eigenvalue weighted by molar-refractivity contribution is 5.94. The smallest absolute Gasteiger partial charge is 0.326 e. The summed E-state index contributed by atoms with van der Waals surface area (Å²) in [5.41, 5.74) is 3.27. The Balaban J connectivity index is 1.88. The zero-order valence-corrected chi connectivity index (χ0v) is 16.6. The van der Waals surface area contributed by atoms with E-state index in [2.05, 4.69) is 10.3 Å². The fourth-order valence-corrected chi connectivity index (χ4v) is 3.07. The first-order valence-corrected chi connectivity index (χ1v) is 9.37. The van der Waals surface area contributed by atoms with E-state index in [0.717, 1.165) is 16.6 Å². The first-order chi connectivity index (χ1) is 13.3. The molecule has 6 heteroatoms. The molecule has 0 radical (unpaired) electrons. The van der Waals surface area contributed by atoms with E-state index in [4.69, 9.17) is 4.74 Å². The molecular weight excluding hydrogens is 354 g/mol. The van der Waals surface area contributed by atoms with E-state index >= 15 is 0 Å². The van der Waals surface area contributed by atoms with Crippen LogP contribution >= 0.6 is 0 Å². The molecule has 0 aliphatic heterocycles. The molecule has 0 aliphatic carbocycles. The number of ether oxygens (including phenoxy) is 1. The lowest BCUT2D eigenvalue weighted by atomic mass is 10.1. The number of amides is 1. The van der Waals surface area contributed by atoms with Crippen LogP contribution in [0.2, 0.25) is 0 Å². The van der Waals surface area contributed by atoms with Crippen LogP contribution in [0.15, 0.2) is 48.5 Å². The number of hydrogen-bond donors (Lipinski definition) is 1. The number of esters is 1. The molecular formula is C22H25N3O3. The van der Waals surface area contributed by atoms with Gasteiger partial charge in [0.25, 0.3) is 5.91 Å². The summed E-state index contributed by atoms with van der Waals surface area (Å²) < 4.78 is 7.10. The maximum Gasteiger partial charge on any atom is 0.326 e. The third-order valence-electron chi connectivity index (χ3n) is 4.39. The monoisotopic (exact) mass is 379 g/mol. The molecule has 1 N–H and O–H groups in total. The second-order valence-electron chi connectivity index (χ2n) is 7.14. The quantitative estimate of drug-likeness (QED) is 0.662. The lowest BCUT2D eigenvalue weighted by molar-refractivity contribution is -0.148. The SMILES string of the molecule is Cc1ccc(C(=O)NC(C)c2nc3ccccc3n2CC(=O)OC(C)C)cc1. The number of aromatic nitrogens is 2. The zero-order chi connectivity index (χ0) is 20.3. The Bertz CT molecular complexity index is 990. The Hall–Kier alpha value is -3.15. The predicted octanol–water partition coefficient (Wildman–Crippen LogP) is 3.79. The molecule has 1 aromatic heterocycles. The average Bonchev–Trinajstić information content (AvgIpc) is 3.00. The minimum Gasteiger partial charge on any atom is -0.462 e. The second kappa shape index (κ2) is 8.25. The van der Waals surface area contributed by atoms with E-state index in [9.17, 15) is 9.59 Å². The summed E-state index contributed by atoms with van der Waals surface area (Å²) in [7, 11) is 0. The minimum absolute atomic E-state index is 0.0404. The Morgan fingerprint density at radius 3 is 2.43 bits per heavy atom. The van der Waals surface area contributed by atoms with Crippen molar-refractivity contribution in [3.8, 4) is 0 Å². The second-order valence-corrected chi connectivity index (χ2v) is 7.14. The van der Waals surface area contributed by atoms with Crippen LogP contribution in [0.3, 0.4) is 0 Å². The van der Waals surface area contributed by atoms with Gasteiger partial charge in [0.05, 0.1) is 23.2 Å². The molecule has 1 atom stereocenters. The maximum absolute atomic E-state index is 12.6. The molecule has 3 aromatic rings. The molecule has 3 rings (SSSR count). The molecule has 0 bridgehead atoms. The number of para-hydroxylation sites is 2. The number of nitrogens with one attached hydrogen (secondary N) is 1. The Kier molecular flexibility index (Phi) is 5.78. The summed E-state index contributed by atoms with van der Waals surface area (Å²) in [6.45, 7) is 7.50. The molecule has 6 nitrogen and oxygen atoms in total. The Labute approximate surface area is 164 Å². The molecule has 0 saturated heterocycles. The number of rotatable bonds is 6. The lowest BCUT2D eigenvalue weighted by Crippen LogP contribution is -2.29. The molecule has 28 heavy (non-hydrogen) atoms. The third kappa shape index (κ3) is 4.39. The fourth-order valence-electron chi connectivity index (χ4n) is 3.07. The first kappa shape index (κ1) is 19.6. The van der Waals surface area contributed by atoms with Gasteiger partial charge in [-0.1, -0.05) is 29.8 Å². The highest BCUT2D eigenvalue weighted by Crippen LogP contribution is 2.21. The van der Waals surface area contributed by atoms with Crippen molar-refractivity contribution >= 4 is 22.9 Å². The predicted molar refractivity (Wildman–Crippen MR) is 108 cm³/mol. The van der Waals surface area contributed by atoms with Gasteiger partial charge in [-0.25, -0.2) is 4.98 Å². The molecule has 0 spiro atoms. The van der Waals surface area contributed by atoms with E-state index in [0.29, 0.717) is 11.4 Å². The van der Waals surface area contributed by atoms with Crippen LogP contribution in [0.25, 0.3) is 11.0 Å². The summed E-state index contributed by atoms with van der Waals surface area (Å²) in [5, 5.41) is 2.97. The molecule has 0 saturated carbocycles. The lowest BCUT2D eigenvalue weighted by Gasteiger charge is -2.17. The van der Waals surface area contributed by atoms with Gasteiger partial charge in [0, 0.05) is 5.56 Å². The van der Waals surface area contributed by atoms with E-state index in [-0.39, 0.29) is 30.6 Å². The summed E-state index contributed by atoms with van der Waals surface area (Å²) in [6.07, 6.45) is -0.190. The van der Waals surface area contributed by atoms with Gasteiger partial charge >= 0.3 is 5.97 Å². The van der Waals surface area contributed by atoms with Gasteiger partial charge < -0.3 is 14.6 Å². The Morgan fingerprint density at radius 1 is 1.07 bits per heavy atom. The molecule has 1 heterocycles. The number of imidazole rings is 1. The molecule has 1 amide bonds. The number of aryl methyl sites for hydroxylation is 1. The fraction of sp³-hybridized carbons (Fsp3) is 0.318. The van der Waals surface area contributed by atoms with E-state index in [1.54, 1.807) is 16.7 Å². The summed E-state index contributed by atoms with van der Waals surface area (Å²) >= 11 is 0. The summed E-state index contributed by atoms with van der Waals surface area (Å²) in [6, 6.07) is 14.6. The van der Waals surface area contributed by atoms with E-state index in [1.807, 2.05) is 64.1 Å². The number of carbonyl (C=O) groups excluding carboxylic acids is 2. The number of benzene rings is 2. The zero-order valence-electron chi connectivity index (χ0n) is 16.6. The largest absolute Gasteiger partial charge is 0.462 e. The average molecular weight is 379 g/mol. The van der Waals surface area contributed by atoms with Crippen LogP contribution in [-0.2, 0) is 16.1 Å². The highest BCUT2D eigenvalue weighted by Gasteiger charge is 2.21. The van der Waals surface area contributed by atoms with E-state index < -0.39 is 0 Å². The molecule has 2 aromatic carbocycles. The summed E-state index contributed by atoms with van der Waals surface area (Å²) in [5.74, 6) is 0.0923. The van der Waals surface area contributed by atoms with Gasteiger partial charge in [0.15, 0.2) is 0 Å². The van der Waals surface area contributed by atoms with Gasteiger partial charge in [-0.2, -0.15) is 0 Å². The van der Waals surface area contributed by atoms with Crippen LogP contribution in [0.5, 0.6) is 0 Å². The van der Waals surface area contributed by atoms with Gasteiger partial charge in [0.1, 0.15) is 12.4 Å². The van der Waals surface area contributed by atoms with Gasteiger partial charge in [0.2, 0.25) is 0 Å². The highest BCUT2D eigenvalue weighted by atomic mass is 16.5. The van der Waals surface area contributed by atoms with Gasteiger partial charge in [-0.3, -0.25) is 9.59 Å². The molecule has 0 aliphatic rings. The third-order valence-corrected chi connectivity index (χ3v) is 4.39. The van der Waals surface area contributed by atoms with Crippen molar-refractivity contribution in [2.75, 3.05) is 0 Å². The van der Waals surface area contributed by atoms with Crippen molar-refractivity contribution in [1.29, 1.82) is 0 Å². The number of hydrogen-bond acceptors (Lipinski definition) is 4. The van der Waals surface area contributed by atoms with Crippen molar-refractivity contribution in [3.63, 3.8) is 0 Å². The van der Waals surface area contributed by atoms with E-state index in [1.165, 1.54) is 0 Å². The summed E-state index contributed by atoms with van der Waals surface area (Å²) in [4.78, 5) is 29.5. The molecule has 1 unspecified atom stereocenters. The van der Waals surface area contributed by atoms with Crippen molar-refractivity contribution in [2.45, 2.75) is 46.4 Å². The standard InChI is InChI=1S/C22H25N3O3/c1-14(2)28-20(26)13-25-19-8-6-5-7-18(19)24-21(25)16(4)23-22(27)17-11-9-15(3)10-12-17/h5-12,14,16H,13H2,1-4H3,(H,23,27). The van der Waals surface area contributed by atoms with Crippen molar-refractivity contribution in [3.05, 3.63) is 65.5 Å². The van der Waals surface area contributed by atoms with Gasteiger partial charge in [-0.15, -0.1) is 0 Å². The van der Waals surface area contributed by atoms with Crippen LogP contribution < -0.4 is 5.32 Å². The van der Waals surface area contributed by atoms with Gasteiger partial charge in [-0.05, 0) is 52.0 Å². The number of fused-ring (bicyclic) bond motifs is 1. The van der Waals surface area contributed by atoms with Crippen molar-refractivity contribution < 1.29 is 14.3 Å². The minimum atomic E-state index is -0.381. The van der Waals surface area contributed by atoms with Crippen LogP contribution in [-0.4, -0.2) is 27.5 Å². The Morgan fingerprint density at radius 2 is 1.75 bits per heavy atom. The number of carbonyl (C=O) groups is 2.